The van der Waals surface area contributed by atoms with Crippen LogP contribution in [0, 0.1) is 0 Å². The second-order valence-corrected chi connectivity index (χ2v) is 3.07. The van der Waals surface area contributed by atoms with Crippen molar-refractivity contribution in [1.29, 1.82) is 0 Å². The molecular formula is C5H13NOS. The van der Waals surface area contributed by atoms with E-state index < -0.39 is 0 Å². The predicted molar refractivity (Wildman–Crippen MR) is 38.1 cm³/mol. The summed E-state index contributed by atoms with van der Waals surface area (Å²) in [5.41, 5.74) is 5.29. The van der Waals surface area contributed by atoms with Gasteiger partial charge in [-0.15, -0.1) is 0 Å². The van der Waals surface area contributed by atoms with Gasteiger partial charge in [0.2, 0.25) is 0 Å². The summed E-state index contributed by atoms with van der Waals surface area (Å²) in [5, 5.41) is 8.81. The van der Waals surface area contributed by atoms with Crippen molar-refractivity contribution in [3.05, 3.63) is 0 Å². The topological polar surface area (TPSA) is 46.2 Å². The molecular weight excluding hydrogens is 122 g/mol. The Kier molecular flexibility index (Phi) is 5.59. The minimum atomic E-state index is 0.203. The number of thioether (sulfide) groups is 1. The van der Waals surface area contributed by atoms with E-state index >= 15 is 0 Å². The normalized spacial score (nSPS) is 13.9. The third-order valence-corrected chi connectivity index (χ3v) is 2.02. The molecule has 1 unspecified atom stereocenters. The van der Waals surface area contributed by atoms with Crippen LogP contribution in [-0.4, -0.2) is 29.3 Å². The zero-order valence-corrected chi connectivity index (χ0v) is 5.95. The highest BCUT2D eigenvalue weighted by atomic mass is 32.2. The number of nitrogens with two attached hydrogens (primary N) is 1. The number of hydrogen-bond acceptors (Lipinski definition) is 3. The molecule has 50 valence electrons. The molecule has 0 aromatic rings. The van der Waals surface area contributed by atoms with Crippen molar-refractivity contribution in [1.82, 2.24) is 0 Å². The van der Waals surface area contributed by atoms with E-state index in [-0.39, 0.29) is 11.9 Å². The van der Waals surface area contributed by atoms with Gasteiger partial charge in [0.1, 0.15) is 0 Å². The van der Waals surface area contributed by atoms with Gasteiger partial charge in [0, 0.05) is 11.8 Å². The van der Waals surface area contributed by atoms with Gasteiger partial charge in [0.05, 0.1) is 6.61 Å². The first kappa shape index (κ1) is 8.27. The molecule has 0 spiro atoms. The lowest BCUT2D eigenvalue weighted by atomic mass is 10.5. The van der Waals surface area contributed by atoms with Crippen LogP contribution in [0.3, 0.4) is 0 Å². The lowest BCUT2D eigenvalue weighted by molar-refractivity contribution is 0.296. The molecule has 8 heavy (non-hydrogen) atoms. The van der Waals surface area contributed by atoms with Crippen LogP contribution in [0.15, 0.2) is 0 Å². The molecule has 0 rings (SSSR count). The van der Waals surface area contributed by atoms with Crippen LogP contribution in [0.4, 0.5) is 0 Å². The molecule has 0 radical (unpaired) electrons. The third kappa shape index (κ3) is 3.29. The molecule has 3 heteroatoms. The van der Waals surface area contributed by atoms with Gasteiger partial charge in [-0.1, -0.05) is 6.92 Å². The first-order valence-electron chi connectivity index (χ1n) is 2.77. The van der Waals surface area contributed by atoms with Crippen molar-refractivity contribution in [2.75, 3.05) is 18.9 Å². The standard InChI is InChI=1S/C5H13NOS/c1-2-8-5(3-6)4-7/h5,7H,2-4,6H2,1H3. The molecule has 0 aromatic heterocycles. The monoisotopic (exact) mass is 135 g/mol. The Hall–Kier alpha value is 0.270. The number of rotatable bonds is 4. The Bertz CT molecular complexity index is 47.7. The van der Waals surface area contributed by atoms with Crippen LogP contribution in [0.1, 0.15) is 6.92 Å². The fraction of sp³-hybridized carbons (Fsp3) is 1.00. The molecule has 0 aliphatic heterocycles. The van der Waals surface area contributed by atoms with Crippen molar-refractivity contribution in [3.8, 4) is 0 Å². The Morgan fingerprint density at radius 3 is 2.50 bits per heavy atom. The van der Waals surface area contributed by atoms with E-state index in [9.17, 15) is 0 Å². The average molecular weight is 135 g/mol. The largest absolute Gasteiger partial charge is 0.395 e. The Labute approximate surface area is 54.5 Å². The van der Waals surface area contributed by atoms with Gasteiger partial charge in [-0.05, 0) is 5.75 Å². The molecule has 0 bridgehead atoms. The molecule has 0 saturated carbocycles. The summed E-state index contributed by atoms with van der Waals surface area (Å²) < 4.78 is 0. The van der Waals surface area contributed by atoms with Gasteiger partial charge in [-0.2, -0.15) is 11.8 Å². The molecule has 1 atom stereocenters. The zero-order chi connectivity index (χ0) is 6.41. The molecule has 0 aliphatic rings. The van der Waals surface area contributed by atoms with E-state index in [1.165, 1.54) is 0 Å². The van der Waals surface area contributed by atoms with E-state index in [0.29, 0.717) is 6.54 Å². The number of aliphatic hydroxyl groups is 1. The van der Waals surface area contributed by atoms with Crippen LogP contribution in [0.2, 0.25) is 0 Å². The highest BCUT2D eigenvalue weighted by Gasteiger charge is 2.00. The summed E-state index contributed by atoms with van der Waals surface area (Å²) in [4.78, 5) is 0. The molecule has 0 heterocycles. The highest BCUT2D eigenvalue weighted by Crippen LogP contribution is 2.06. The Morgan fingerprint density at radius 2 is 2.38 bits per heavy atom. The molecule has 0 fully saturated rings. The third-order valence-electron chi connectivity index (χ3n) is 0.869. The summed E-state index contributed by atoms with van der Waals surface area (Å²) in [6, 6.07) is 0. The molecule has 3 N–H and O–H groups in total. The van der Waals surface area contributed by atoms with E-state index in [2.05, 4.69) is 6.92 Å². The Balaban J connectivity index is 3.07. The van der Waals surface area contributed by atoms with E-state index in [4.69, 9.17) is 10.8 Å². The first-order chi connectivity index (χ1) is 3.85. The fourth-order valence-corrected chi connectivity index (χ4v) is 1.14. The van der Waals surface area contributed by atoms with Crippen LogP contribution in [0.5, 0.6) is 0 Å². The number of hydrogen-bond donors (Lipinski definition) is 2. The minimum Gasteiger partial charge on any atom is -0.395 e. The summed E-state index contributed by atoms with van der Waals surface area (Å²) in [6.07, 6.45) is 0. The minimum absolute atomic E-state index is 0.203. The van der Waals surface area contributed by atoms with Gasteiger partial charge >= 0.3 is 0 Å². The zero-order valence-electron chi connectivity index (χ0n) is 5.13. The summed E-state index contributed by atoms with van der Waals surface area (Å²) in [7, 11) is 0. The van der Waals surface area contributed by atoms with Gasteiger partial charge in [0.25, 0.3) is 0 Å². The van der Waals surface area contributed by atoms with Crippen molar-refractivity contribution in [2.45, 2.75) is 12.2 Å². The molecule has 2 nitrogen and oxygen atoms in total. The lowest BCUT2D eigenvalue weighted by Crippen LogP contribution is -2.20. The van der Waals surface area contributed by atoms with E-state index in [1.807, 2.05) is 0 Å². The fourth-order valence-electron chi connectivity index (χ4n) is 0.431. The average Bonchev–Trinajstić information content (AvgIpc) is 1.83. The van der Waals surface area contributed by atoms with Crippen LogP contribution in [-0.2, 0) is 0 Å². The SMILES string of the molecule is CCSC(CN)CO. The summed E-state index contributed by atoms with van der Waals surface area (Å²) >= 11 is 1.70. The summed E-state index contributed by atoms with van der Waals surface area (Å²) in [5.74, 6) is 1.03. The van der Waals surface area contributed by atoms with Crippen molar-refractivity contribution in [2.24, 2.45) is 5.73 Å². The summed E-state index contributed by atoms with van der Waals surface area (Å²) in [6.45, 7) is 2.84. The smallest absolute Gasteiger partial charge is 0.0562 e. The van der Waals surface area contributed by atoms with Gasteiger partial charge in [-0.3, -0.25) is 0 Å². The molecule has 0 amide bonds. The maximum absolute atomic E-state index is 8.56. The molecule has 0 aliphatic carbocycles. The van der Waals surface area contributed by atoms with Gasteiger partial charge in [0.15, 0.2) is 0 Å². The lowest BCUT2D eigenvalue weighted by Gasteiger charge is -2.07. The first-order valence-corrected chi connectivity index (χ1v) is 3.82. The van der Waals surface area contributed by atoms with E-state index in [1.54, 1.807) is 11.8 Å². The van der Waals surface area contributed by atoms with Crippen LogP contribution in [0.25, 0.3) is 0 Å². The second kappa shape index (κ2) is 5.41. The predicted octanol–water partition coefficient (Wildman–Crippen LogP) is 0.0591. The second-order valence-electron chi connectivity index (χ2n) is 1.50. The number of aliphatic hydroxyl groups excluding tert-OH is 1. The van der Waals surface area contributed by atoms with Crippen LogP contribution < -0.4 is 5.73 Å². The van der Waals surface area contributed by atoms with Crippen molar-refractivity contribution >= 4 is 11.8 Å². The van der Waals surface area contributed by atoms with Gasteiger partial charge in [-0.25, -0.2) is 0 Å². The van der Waals surface area contributed by atoms with Crippen molar-refractivity contribution in [3.63, 3.8) is 0 Å². The van der Waals surface area contributed by atoms with E-state index in [0.717, 1.165) is 5.75 Å². The molecule has 0 saturated heterocycles. The maximum atomic E-state index is 8.56. The Morgan fingerprint density at radius 1 is 1.75 bits per heavy atom. The highest BCUT2D eigenvalue weighted by molar-refractivity contribution is 7.99. The molecule has 0 aromatic carbocycles. The van der Waals surface area contributed by atoms with Crippen molar-refractivity contribution < 1.29 is 5.11 Å². The van der Waals surface area contributed by atoms with Crippen LogP contribution >= 0.6 is 11.8 Å². The maximum Gasteiger partial charge on any atom is 0.0562 e. The quantitative estimate of drug-likeness (QED) is 0.573. The van der Waals surface area contributed by atoms with Gasteiger partial charge < -0.3 is 10.8 Å².